The van der Waals surface area contributed by atoms with Crippen LogP contribution < -0.4 is 10.5 Å². The van der Waals surface area contributed by atoms with E-state index in [1.807, 2.05) is 0 Å². The highest BCUT2D eigenvalue weighted by Gasteiger charge is 2.54. The number of nitrogens with zero attached hydrogens (tertiary/aromatic N) is 4. The number of imidazole rings is 1. The average Bonchev–Trinajstić information content (AvgIpc) is 3.07. The summed E-state index contributed by atoms with van der Waals surface area (Å²) in [6, 6.07) is 0. The number of nitrogens with two attached hydrogens (primary N) is 1. The van der Waals surface area contributed by atoms with Crippen LogP contribution in [0.4, 0.5) is 5.95 Å². The highest BCUT2D eigenvalue weighted by atomic mass is 16.6. The van der Waals surface area contributed by atoms with Gasteiger partial charge in [-0.25, -0.2) is 4.98 Å². The van der Waals surface area contributed by atoms with Gasteiger partial charge in [0, 0.05) is 0 Å². The number of methoxy groups -OCH3 is 1. The molecule has 5 N–H and O–H groups in total. The molecule has 122 valence electrons. The smallest absolute Gasteiger partial charge is 0.246 e. The van der Waals surface area contributed by atoms with Gasteiger partial charge in [-0.2, -0.15) is 9.97 Å². The normalized spacial score (nSPS) is 30.5. The molecule has 10 heteroatoms. The van der Waals surface area contributed by atoms with Gasteiger partial charge in [0.15, 0.2) is 23.0 Å². The van der Waals surface area contributed by atoms with E-state index in [1.165, 1.54) is 18.0 Å². The Labute approximate surface area is 130 Å². The molecule has 1 saturated heterocycles. The Bertz CT molecular complexity index is 787. The molecular weight excluding hydrogens is 306 g/mol. The summed E-state index contributed by atoms with van der Waals surface area (Å²) in [5.74, 6) is 2.28. The van der Waals surface area contributed by atoms with E-state index < -0.39 is 30.6 Å². The molecule has 2 unspecified atom stereocenters. The molecule has 2 aromatic rings. The van der Waals surface area contributed by atoms with Gasteiger partial charge in [0.1, 0.15) is 12.2 Å². The van der Waals surface area contributed by atoms with Gasteiger partial charge in [0.05, 0.1) is 20.0 Å². The lowest BCUT2D eigenvalue weighted by Crippen LogP contribution is -2.44. The standard InChI is InChI=1S/C13H15N5O5/c1-3-13(4-19)8(21)7(20)11(23-13)18-5-15-6-9(18)16-12(14)17-10(6)22-2/h1,5,7-8,11,19-21H,4H2,2H3,(H2,14,16,17)/t7?,8?,11-,13-/m1/s1. The quantitative estimate of drug-likeness (QED) is 0.472. The zero-order chi connectivity index (χ0) is 16.8. The summed E-state index contributed by atoms with van der Waals surface area (Å²) >= 11 is 0. The average molecular weight is 321 g/mol. The third kappa shape index (κ3) is 2.10. The minimum Gasteiger partial charge on any atom is -0.479 e. The van der Waals surface area contributed by atoms with E-state index in [4.69, 9.17) is 21.6 Å². The molecule has 0 radical (unpaired) electrons. The van der Waals surface area contributed by atoms with Crippen molar-refractivity contribution in [1.82, 2.24) is 19.5 Å². The molecule has 1 aliphatic rings. The first-order valence-electron chi connectivity index (χ1n) is 6.64. The summed E-state index contributed by atoms with van der Waals surface area (Å²) in [6.45, 7) is -0.661. The molecular formula is C13H15N5O5. The first-order chi connectivity index (χ1) is 11.0. The number of aromatic nitrogens is 4. The molecule has 2 aromatic heterocycles. The van der Waals surface area contributed by atoms with E-state index in [0.29, 0.717) is 5.52 Å². The van der Waals surface area contributed by atoms with Gasteiger partial charge in [-0.15, -0.1) is 6.42 Å². The third-order valence-corrected chi connectivity index (χ3v) is 3.78. The molecule has 0 bridgehead atoms. The van der Waals surface area contributed by atoms with Gasteiger partial charge in [-0.3, -0.25) is 4.57 Å². The van der Waals surface area contributed by atoms with E-state index in [1.54, 1.807) is 0 Å². The minimum atomic E-state index is -1.72. The highest BCUT2D eigenvalue weighted by molar-refractivity contribution is 5.77. The van der Waals surface area contributed by atoms with E-state index in [2.05, 4.69) is 20.9 Å². The molecule has 0 saturated carbocycles. The Morgan fingerprint density at radius 3 is 2.83 bits per heavy atom. The fraction of sp³-hybridized carbons (Fsp3) is 0.462. The van der Waals surface area contributed by atoms with Crippen LogP contribution in [-0.4, -0.2) is 66.4 Å². The molecule has 0 aliphatic carbocycles. The maximum atomic E-state index is 10.2. The second-order valence-electron chi connectivity index (χ2n) is 5.05. The topological polar surface area (TPSA) is 149 Å². The Morgan fingerprint density at radius 1 is 1.52 bits per heavy atom. The first kappa shape index (κ1) is 15.4. The molecule has 3 heterocycles. The highest BCUT2D eigenvalue weighted by Crippen LogP contribution is 2.38. The van der Waals surface area contributed by atoms with Crippen molar-refractivity contribution in [3.63, 3.8) is 0 Å². The maximum Gasteiger partial charge on any atom is 0.246 e. The number of hydrogen-bond acceptors (Lipinski definition) is 9. The molecule has 4 atom stereocenters. The monoisotopic (exact) mass is 321 g/mol. The number of aliphatic hydroxyl groups excluding tert-OH is 3. The summed E-state index contributed by atoms with van der Waals surface area (Å²) in [5, 5.41) is 29.8. The van der Waals surface area contributed by atoms with Gasteiger partial charge in [0.25, 0.3) is 0 Å². The van der Waals surface area contributed by atoms with E-state index in [-0.39, 0.29) is 17.5 Å². The van der Waals surface area contributed by atoms with Crippen LogP contribution in [0.5, 0.6) is 5.88 Å². The van der Waals surface area contributed by atoms with Crippen molar-refractivity contribution >= 4 is 17.1 Å². The van der Waals surface area contributed by atoms with E-state index in [9.17, 15) is 15.3 Å². The lowest BCUT2D eigenvalue weighted by atomic mass is 9.97. The van der Waals surface area contributed by atoms with Crippen molar-refractivity contribution in [3.8, 4) is 18.2 Å². The van der Waals surface area contributed by atoms with Crippen molar-refractivity contribution in [2.75, 3.05) is 19.5 Å². The number of rotatable bonds is 3. The lowest BCUT2D eigenvalue weighted by molar-refractivity contribution is -0.0910. The SMILES string of the molecule is C#C[C@]1(CO)O[C@@H](n2cnc3c(OC)nc(N)nc32)C(O)C1O. The number of nitrogen functional groups attached to an aromatic ring is 1. The van der Waals surface area contributed by atoms with Gasteiger partial charge in [-0.05, 0) is 0 Å². The summed E-state index contributed by atoms with van der Waals surface area (Å²) in [4.78, 5) is 12.1. The van der Waals surface area contributed by atoms with Crippen molar-refractivity contribution in [2.24, 2.45) is 0 Å². The summed E-state index contributed by atoms with van der Waals surface area (Å²) in [7, 11) is 1.40. The van der Waals surface area contributed by atoms with Crippen LogP contribution in [0.3, 0.4) is 0 Å². The summed E-state index contributed by atoms with van der Waals surface area (Å²) in [6.07, 6.45) is 2.65. The number of hydrogen-bond donors (Lipinski definition) is 4. The molecule has 23 heavy (non-hydrogen) atoms. The predicted octanol–water partition coefficient (Wildman–Crippen LogP) is -1.97. The molecule has 3 rings (SSSR count). The maximum absolute atomic E-state index is 10.2. The largest absolute Gasteiger partial charge is 0.479 e. The fourth-order valence-corrected chi connectivity index (χ4v) is 2.54. The van der Waals surface area contributed by atoms with Crippen LogP contribution in [0.2, 0.25) is 0 Å². The van der Waals surface area contributed by atoms with Gasteiger partial charge in [0.2, 0.25) is 11.8 Å². The number of ether oxygens (including phenoxy) is 2. The Kier molecular flexibility index (Phi) is 3.57. The van der Waals surface area contributed by atoms with Crippen LogP contribution in [-0.2, 0) is 4.74 Å². The van der Waals surface area contributed by atoms with Crippen LogP contribution >= 0.6 is 0 Å². The molecule has 10 nitrogen and oxygen atoms in total. The minimum absolute atomic E-state index is 0.0606. The lowest BCUT2D eigenvalue weighted by Gasteiger charge is -2.23. The van der Waals surface area contributed by atoms with Gasteiger partial charge < -0.3 is 30.5 Å². The molecule has 1 fully saturated rings. The molecule has 1 aliphatic heterocycles. The van der Waals surface area contributed by atoms with E-state index in [0.717, 1.165) is 0 Å². The van der Waals surface area contributed by atoms with Crippen LogP contribution in [0.1, 0.15) is 6.23 Å². The van der Waals surface area contributed by atoms with E-state index >= 15 is 0 Å². The number of aliphatic hydroxyl groups is 3. The number of terminal acetylenes is 1. The molecule has 0 spiro atoms. The van der Waals surface area contributed by atoms with Gasteiger partial charge in [-0.1, -0.05) is 5.92 Å². The van der Waals surface area contributed by atoms with Gasteiger partial charge >= 0.3 is 0 Å². The van der Waals surface area contributed by atoms with Crippen molar-refractivity contribution in [1.29, 1.82) is 0 Å². The second-order valence-corrected chi connectivity index (χ2v) is 5.05. The van der Waals surface area contributed by atoms with Crippen molar-refractivity contribution in [2.45, 2.75) is 24.0 Å². The van der Waals surface area contributed by atoms with Crippen LogP contribution in [0.25, 0.3) is 11.2 Å². The van der Waals surface area contributed by atoms with Crippen molar-refractivity contribution < 1.29 is 24.8 Å². The van der Waals surface area contributed by atoms with Crippen molar-refractivity contribution in [3.05, 3.63) is 6.33 Å². The molecule has 0 amide bonds. The number of fused-ring (bicyclic) bond motifs is 1. The second kappa shape index (κ2) is 5.32. The summed E-state index contributed by atoms with van der Waals surface area (Å²) in [5.41, 5.74) is 4.44. The zero-order valence-electron chi connectivity index (χ0n) is 12.1. The third-order valence-electron chi connectivity index (χ3n) is 3.78. The first-order valence-corrected chi connectivity index (χ1v) is 6.64. The Balaban J connectivity index is 2.11. The molecule has 0 aromatic carbocycles. The Hall–Kier alpha value is -2.45. The van der Waals surface area contributed by atoms with Crippen LogP contribution in [0, 0.1) is 12.3 Å². The number of anilines is 1. The Morgan fingerprint density at radius 2 is 2.26 bits per heavy atom. The fourth-order valence-electron chi connectivity index (χ4n) is 2.54. The zero-order valence-corrected chi connectivity index (χ0v) is 12.1. The van der Waals surface area contributed by atoms with Crippen LogP contribution in [0.15, 0.2) is 6.33 Å². The summed E-state index contributed by atoms with van der Waals surface area (Å²) < 4.78 is 12.0. The predicted molar refractivity (Wildman–Crippen MR) is 77.1 cm³/mol.